The Balaban J connectivity index is 2.49. The SMILES string of the molecule is CCOc1ccc(C(=O)/C=C/c2cc(OC(C)(C)C)c(C(C)(C)C)c(OC(C)(C)C)c2)cc1. The molecule has 0 radical (unpaired) electrons. The van der Waals surface area contributed by atoms with Gasteiger partial charge in [-0.1, -0.05) is 26.8 Å². The molecule has 2 rings (SSSR count). The van der Waals surface area contributed by atoms with Crippen molar-refractivity contribution in [3.8, 4) is 17.2 Å². The monoisotopic (exact) mass is 452 g/mol. The van der Waals surface area contributed by atoms with Gasteiger partial charge in [0.25, 0.3) is 0 Å². The molecule has 33 heavy (non-hydrogen) atoms. The van der Waals surface area contributed by atoms with Gasteiger partial charge in [-0.25, -0.2) is 0 Å². The minimum absolute atomic E-state index is 0.0745. The predicted octanol–water partition coefficient (Wildman–Crippen LogP) is 7.63. The molecule has 4 heteroatoms. The number of allylic oxidation sites excluding steroid dienone is 1. The highest BCUT2D eigenvalue weighted by atomic mass is 16.5. The lowest BCUT2D eigenvalue weighted by atomic mass is 9.84. The molecule has 0 aromatic heterocycles. The van der Waals surface area contributed by atoms with Gasteiger partial charge < -0.3 is 14.2 Å². The summed E-state index contributed by atoms with van der Waals surface area (Å²) in [6, 6.07) is 11.2. The number of benzene rings is 2. The minimum atomic E-state index is -0.376. The highest BCUT2D eigenvalue weighted by molar-refractivity contribution is 6.06. The van der Waals surface area contributed by atoms with Crippen LogP contribution in [0.2, 0.25) is 0 Å². The fourth-order valence-corrected chi connectivity index (χ4v) is 3.42. The van der Waals surface area contributed by atoms with Crippen LogP contribution in [0.5, 0.6) is 17.2 Å². The van der Waals surface area contributed by atoms with Crippen molar-refractivity contribution in [1.29, 1.82) is 0 Å². The molecule has 0 atom stereocenters. The third kappa shape index (κ3) is 8.27. The van der Waals surface area contributed by atoms with Gasteiger partial charge in [0, 0.05) is 11.1 Å². The molecule has 0 saturated heterocycles. The van der Waals surface area contributed by atoms with E-state index in [1.165, 1.54) is 0 Å². The summed E-state index contributed by atoms with van der Waals surface area (Å²) in [5, 5.41) is 0. The van der Waals surface area contributed by atoms with Gasteiger partial charge in [-0.2, -0.15) is 0 Å². The second kappa shape index (κ2) is 10.0. The van der Waals surface area contributed by atoms with Crippen molar-refractivity contribution in [2.24, 2.45) is 0 Å². The third-order valence-corrected chi connectivity index (χ3v) is 4.55. The van der Waals surface area contributed by atoms with Crippen molar-refractivity contribution in [1.82, 2.24) is 0 Å². The first kappa shape index (κ1) is 26.5. The lowest BCUT2D eigenvalue weighted by Crippen LogP contribution is -2.28. The van der Waals surface area contributed by atoms with Crippen LogP contribution in [-0.2, 0) is 5.41 Å². The van der Waals surface area contributed by atoms with E-state index in [9.17, 15) is 4.79 Å². The smallest absolute Gasteiger partial charge is 0.185 e. The van der Waals surface area contributed by atoms with E-state index in [0.29, 0.717) is 12.2 Å². The predicted molar refractivity (Wildman–Crippen MR) is 137 cm³/mol. The number of carbonyl (C=O) groups is 1. The Bertz CT molecular complexity index is 941. The number of rotatable bonds is 7. The number of hydrogen-bond acceptors (Lipinski definition) is 4. The maximum atomic E-state index is 12.8. The van der Waals surface area contributed by atoms with Crippen molar-refractivity contribution in [2.75, 3.05) is 6.61 Å². The molecule has 180 valence electrons. The van der Waals surface area contributed by atoms with Gasteiger partial charge in [0.1, 0.15) is 28.5 Å². The summed E-state index contributed by atoms with van der Waals surface area (Å²) in [4.78, 5) is 12.8. The average Bonchev–Trinajstić information content (AvgIpc) is 2.63. The normalized spacial score (nSPS) is 12.7. The van der Waals surface area contributed by atoms with Gasteiger partial charge in [0.05, 0.1) is 6.61 Å². The van der Waals surface area contributed by atoms with Crippen LogP contribution < -0.4 is 14.2 Å². The molecule has 0 aliphatic carbocycles. The molecule has 0 saturated carbocycles. The first-order valence-electron chi connectivity index (χ1n) is 11.6. The molecular weight excluding hydrogens is 412 g/mol. The van der Waals surface area contributed by atoms with Gasteiger partial charge in [0.15, 0.2) is 5.78 Å². The molecular formula is C29H40O4. The summed E-state index contributed by atoms with van der Waals surface area (Å²) in [6.07, 6.45) is 3.40. The van der Waals surface area contributed by atoms with Gasteiger partial charge in [0.2, 0.25) is 0 Å². The van der Waals surface area contributed by atoms with Gasteiger partial charge in [-0.3, -0.25) is 4.79 Å². The lowest BCUT2D eigenvalue weighted by molar-refractivity contribution is 0.104. The van der Waals surface area contributed by atoms with Crippen molar-refractivity contribution >= 4 is 11.9 Å². The quantitative estimate of drug-likeness (QED) is 0.320. The van der Waals surface area contributed by atoms with Crippen LogP contribution in [-0.4, -0.2) is 23.6 Å². The third-order valence-electron chi connectivity index (χ3n) is 4.55. The molecule has 2 aromatic carbocycles. The van der Waals surface area contributed by atoms with Crippen LogP contribution >= 0.6 is 0 Å². The highest BCUT2D eigenvalue weighted by Crippen LogP contribution is 2.42. The molecule has 4 nitrogen and oxygen atoms in total. The molecule has 0 spiro atoms. The van der Waals surface area contributed by atoms with E-state index >= 15 is 0 Å². The number of ketones is 1. The zero-order valence-electron chi connectivity index (χ0n) is 22.0. The first-order valence-corrected chi connectivity index (χ1v) is 11.6. The van der Waals surface area contributed by atoms with Crippen molar-refractivity contribution in [3.05, 3.63) is 59.2 Å². The fourth-order valence-electron chi connectivity index (χ4n) is 3.42. The van der Waals surface area contributed by atoms with Crippen molar-refractivity contribution in [3.63, 3.8) is 0 Å². The van der Waals surface area contributed by atoms with Gasteiger partial charge in [-0.15, -0.1) is 0 Å². The number of hydrogen-bond donors (Lipinski definition) is 0. The Morgan fingerprint density at radius 2 is 1.30 bits per heavy atom. The molecule has 0 bridgehead atoms. The summed E-state index contributed by atoms with van der Waals surface area (Å²) in [5.74, 6) is 2.22. The standard InChI is InChI=1S/C29H40O4/c1-11-31-22-15-13-21(14-16-22)23(30)17-12-20-18-24(32-28(5,6)7)26(27(2,3)4)25(19-20)33-29(8,9)10/h12-19H,11H2,1-10H3/b17-12+. The van der Waals surface area contributed by atoms with Crippen molar-refractivity contribution in [2.45, 2.75) is 85.9 Å². The molecule has 0 aliphatic heterocycles. The Morgan fingerprint density at radius 1 is 0.818 bits per heavy atom. The van der Waals surface area contributed by atoms with Gasteiger partial charge >= 0.3 is 0 Å². The topological polar surface area (TPSA) is 44.8 Å². The second-order valence-corrected chi connectivity index (χ2v) is 11.2. The summed E-state index contributed by atoms with van der Waals surface area (Å²) >= 11 is 0. The zero-order chi connectivity index (χ0) is 25.0. The van der Waals surface area contributed by atoms with Crippen LogP contribution in [0.4, 0.5) is 0 Å². The maximum absolute atomic E-state index is 12.8. The molecule has 0 N–H and O–H groups in total. The molecule has 0 fully saturated rings. The van der Waals surface area contributed by atoms with E-state index in [1.807, 2.05) is 78.8 Å². The van der Waals surface area contributed by atoms with Crippen LogP contribution in [0.1, 0.15) is 90.7 Å². The minimum Gasteiger partial charge on any atom is -0.494 e. The Labute approximate surface area is 200 Å². The van der Waals surface area contributed by atoms with Crippen LogP contribution in [0, 0.1) is 0 Å². The van der Waals surface area contributed by atoms with E-state index in [2.05, 4.69) is 20.8 Å². The molecule has 0 heterocycles. The van der Waals surface area contributed by atoms with Crippen molar-refractivity contribution < 1.29 is 19.0 Å². The molecule has 0 amide bonds. The van der Waals surface area contributed by atoms with Crippen LogP contribution in [0.3, 0.4) is 0 Å². The van der Waals surface area contributed by atoms with E-state index in [-0.39, 0.29) is 22.4 Å². The zero-order valence-corrected chi connectivity index (χ0v) is 22.0. The Hall–Kier alpha value is -2.75. The Morgan fingerprint density at radius 3 is 1.70 bits per heavy atom. The summed E-state index contributed by atoms with van der Waals surface area (Å²) in [5.41, 5.74) is 1.53. The van der Waals surface area contributed by atoms with E-state index < -0.39 is 0 Å². The number of carbonyl (C=O) groups excluding carboxylic acids is 1. The van der Waals surface area contributed by atoms with Crippen LogP contribution in [0.25, 0.3) is 6.08 Å². The summed E-state index contributed by atoms with van der Waals surface area (Å²) < 4.78 is 18.2. The fraction of sp³-hybridized carbons (Fsp3) is 0.483. The summed E-state index contributed by atoms with van der Waals surface area (Å²) in [6.45, 7) is 21.2. The highest BCUT2D eigenvalue weighted by Gasteiger charge is 2.29. The lowest BCUT2D eigenvalue weighted by Gasteiger charge is -2.32. The van der Waals surface area contributed by atoms with E-state index in [1.54, 1.807) is 18.2 Å². The second-order valence-electron chi connectivity index (χ2n) is 11.2. The van der Waals surface area contributed by atoms with E-state index in [4.69, 9.17) is 14.2 Å². The van der Waals surface area contributed by atoms with Crippen LogP contribution in [0.15, 0.2) is 42.5 Å². The van der Waals surface area contributed by atoms with E-state index in [0.717, 1.165) is 28.4 Å². The molecule has 0 unspecified atom stereocenters. The molecule has 0 aliphatic rings. The average molecular weight is 453 g/mol. The van der Waals surface area contributed by atoms with Gasteiger partial charge in [-0.05, 0) is 102 Å². The first-order chi connectivity index (χ1) is 15.1. The maximum Gasteiger partial charge on any atom is 0.185 e. The summed E-state index contributed by atoms with van der Waals surface area (Å²) in [7, 11) is 0. The largest absolute Gasteiger partial charge is 0.494 e. The number of ether oxygens (including phenoxy) is 3. The molecule has 2 aromatic rings. The Kier molecular flexibility index (Phi) is 8.05.